The van der Waals surface area contributed by atoms with Crippen LogP contribution in [-0.2, 0) is 20.8 Å². The smallest absolute Gasteiger partial charge is 0.0809 e. The van der Waals surface area contributed by atoms with Gasteiger partial charge in [-0.15, -0.1) is 67.9 Å². The molecule has 0 nitrogen and oxygen atoms in total. The second kappa shape index (κ2) is 14.5. The monoisotopic (exact) mass is 626 g/mol. The SMILES string of the molecule is Ic1cccc2[cH-]ccc12.Pc1ccccc1.[Cl][Zr+2][Cl].c1ccc2[cH-]ccc2c1. The minimum absolute atomic E-state index is 0.826. The van der Waals surface area contributed by atoms with Gasteiger partial charge in [0.2, 0.25) is 0 Å². The van der Waals surface area contributed by atoms with Crippen molar-refractivity contribution in [1.82, 2.24) is 0 Å². The van der Waals surface area contributed by atoms with E-state index in [9.17, 15) is 0 Å². The van der Waals surface area contributed by atoms with Gasteiger partial charge in [0, 0.05) is 0 Å². The Kier molecular flexibility index (Phi) is 12.4. The van der Waals surface area contributed by atoms with E-state index in [-0.39, 0.29) is 0 Å². The van der Waals surface area contributed by atoms with Gasteiger partial charge in [-0.2, -0.15) is 29.7 Å². The van der Waals surface area contributed by atoms with Crippen LogP contribution in [0, 0.1) is 3.57 Å². The predicted molar refractivity (Wildman–Crippen MR) is 139 cm³/mol. The summed E-state index contributed by atoms with van der Waals surface area (Å²) in [6.07, 6.45) is 0. The molecule has 0 amide bonds. The second-order valence-corrected chi connectivity index (χ2v) is 11.5. The molecule has 5 heteroatoms. The number of benzene rings is 3. The molecule has 0 aliphatic heterocycles. The van der Waals surface area contributed by atoms with Gasteiger partial charge in [0.1, 0.15) is 0 Å². The summed E-state index contributed by atoms with van der Waals surface area (Å²) in [7, 11) is 12.5. The van der Waals surface area contributed by atoms with Gasteiger partial charge in [-0.05, 0) is 8.87 Å². The third-order valence-electron chi connectivity index (χ3n) is 3.97. The van der Waals surface area contributed by atoms with Crippen molar-refractivity contribution in [3.63, 3.8) is 0 Å². The van der Waals surface area contributed by atoms with Crippen LogP contribution < -0.4 is 5.30 Å². The first-order valence-corrected chi connectivity index (χ1v) is 16.8. The Balaban J connectivity index is 0.000000147. The molecule has 1 atom stereocenters. The summed E-state index contributed by atoms with van der Waals surface area (Å²) in [6, 6.07) is 37.5. The van der Waals surface area contributed by atoms with Crippen LogP contribution in [0.25, 0.3) is 21.5 Å². The summed E-state index contributed by atoms with van der Waals surface area (Å²) in [6.45, 7) is 0. The number of fused-ring (bicyclic) bond motifs is 2. The minimum Gasteiger partial charge on any atom is -0.168 e. The van der Waals surface area contributed by atoms with Crippen LogP contribution in [0.5, 0.6) is 0 Å². The predicted octanol–water partition coefficient (Wildman–Crippen LogP) is 8.29. The van der Waals surface area contributed by atoms with Gasteiger partial charge >= 0.3 is 37.9 Å². The van der Waals surface area contributed by atoms with E-state index < -0.39 is 20.8 Å². The van der Waals surface area contributed by atoms with Crippen molar-refractivity contribution in [2.24, 2.45) is 0 Å². The normalized spacial score (nSPS) is 9.24. The Morgan fingerprint density at radius 2 is 1.28 bits per heavy atom. The van der Waals surface area contributed by atoms with Gasteiger partial charge in [-0.3, -0.25) is 0 Å². The van der Waals surface area contributed by atoms with E-state index in [0.29, 0.717) is 0 Å². The summed E-state index contributed by atoms with van der Waals surface area (Å²) in [5.41, 5.74) is 0. The Bertz CT molecular complexity index is 1060. The molecule has 29 heavy (non-hydrogen) atoms. The average molecular weight is 628 g/mol. The van der Waals surface area contributed by atoms with Crippen molar-refractivity contribution in [3.05, 3.63) is 113 Å². The van der Waals surface area contributed by atoms with E-state index in [0.717, 1.165) is 0 Å². The van der Waals surface area contributed by atoms with E-state index in [4.69, 9.17) is 17.0 Å². The first kappa shape index (κ1) is 24.8. The summed E-state index contributed by atoms with van der Waals surface area (Å²) >= 11 is 1.53. The summed E-state index contributed by atoms with van der Waals surface area (Å²) in [5, 5.41) is 6.60. The number of halogens is 3. The van der Waals surface area contributed by atoms with Crippen LogP contribution >= 0.6 is 48.9 Å². The van der Waals surface area contributed by atoms with Gasteiger partial charge in [0.15, 0.2) is 0 Å². The van der Waals surface area contributed by atoms with E-state index >= 15 is 0 Å². The largest absolute Gasteiger partial charge is 0.168 e. The van der Waals surface area contributed by atoms with Gasteiger partial charge in [0.05, 0.1) is 0 Å². The molecule has 1 unspecified atom stereocenters. The molecule has 146 valence electrons. The zero-order valence-electron chi connectivity index (χ0n) is 15.6. The van der Waals surface area contributed by atoms with Crippen molar-refractivity contribution in [2.45, 2.75) is 0 Å². The van der Waals surface area contributed by atoms with Gasteiger partial charge < -0.3 is 0 Å². The number of hydrogen-bond acceptors (Lipinski definition) is 0. The molecular weight excluding hydrogens is 608 g/mol. The maximum absolute atomic E-state index is 4.93. The third-order valence-corrected chi connectivity index (χ3v) is 5.30. The van der Waals surface area contributed by atoms with Crippen LogP contribution in [0.2, 0.25) is 0 Å². The molecular formula is C24H20Cl2IPZr. The maximum Gasteiger partial charge on any atom is -0.0809 e. The third kappa shape index (κ3) is 9.03. The summed E-state index contributed by atoms with van der Waals surface area (Å²) in [4.78, 5) is 0. The Morgan fingerprint density at radius 1 is 0.690 bits per heavy atom. The summed E-state index contributed by atoms with van der Waals surface area (Å²) < 4.78 is 1.33. The van der Waals surface area contributed by atoms with Gasteiger partial charge in [-0.25, -0.2) is 0 Å². The summed E-state index contributed by atoms with van der Waals surface area (Å²) in [5.74, 6) is 0. The van der Waals surface area contributed by atoms with E-state index in [2.05, 4.69) is 111 Å². The van der Waals surface area contributed by atoms with E-state index in [1.807, 2.05) is 30.3 Å². The molecule has 0 heterocycles. The van der Waals surface area contributed by atoms with Crippen molar-refractivity contribution in [2.75, 3.05) is 0 Å². The van der Waals surface area contributed by atoms with Crippen LogP contribution in [0.1, 0.15) is 0 Å². The Morgan fingerprint density at radius 3 is 1.90 bits per heavy atom. The molecule has 5 aromatic rings. The first-order chi connectivity index (χ1) is 14.2. The zero-order valence-corrected chi connectivity index (χ0v) is 22.9. The molecule has 0 aromatic heterocycles. The van der Waals surface area contributed by atoms with Crippen molar-refractivity contribution < 1.29 is 20.8 Å². The fraction of sp³-hybridized carbons (Fsp3) is 0. The molecule has 0 saturated heterocycles. The maximum atomic E-state index is 4.93. The Hall–Kier alpha value is -0.497. The molecule has 0 radical (unpaired) electrons. The van der Waals surface area contributed by atoms with Gasteiger partial charge in [-0.1, -0.05) is 65.1 Å². The standard InChI is InChI=1S/C9H6I.C9H7.C6H7P.2ClH.Zr/c10-9-6-2-4-7-3-1-5-8(7)9;1-2-5-9-7-3-6-8(9)4-1;7-6-4-2-1-3-5-6;;;/h1-6H;1-7H;1-5H,7H2;2*1H;/q2*-1;;;;+4/p-2. The second-order valence-electron chi connectivity index (χ2n) is 5.91. The van der Waals surface area contributed by atoms with Gasteiger partial charge in [0.25, 0.3) is 0 Å². The molecule has 0 bridgehead atoms. The topological polar surface area (TPSA) is 0 Å². The molecule has 0 spiro atoms. The van der Waals surface area contributed by atoms with E-state index in [1.165, 1.54) is 30.4 Å². The zero-order chi connectivity index (χ0) is 20.9. The number of rotatable bonds is 0. The fourth-order valence-corrected chi connectivity index (χ4v) is 3.57. The van der Waals surface area contributed by atoms with Crippen LogP contribution in [0.3, 0.4) is 0 Å². The molecule has 0 saturated carbocycles. The first-order valence-electron chi connectivity index (χ1n) is 8.83. The van der Waals surface area contributed by atoms with Crippen molar-refractivity contribution in [1.29, 1.82) is 0 Å². The minimum atomic E-state index is -0.826. The molecule has 0 aliphatic carbocycles. The average Bonchev–Trinajstić information content (AvgIpc) is 3.40. The van der Waals surface area contributed by atoms with Crippen molar-refractivity contribution in [3.8, 4) is 0 Å². The molecule has 5 aromatic carbocycles. The molecule has 5 rings (SSSR count). The van der Waals surface area contributed by atoms with E-state index in [1.54, 1.807) is 0 Å². The molecule has 0 fully saturated rings. The number of hydrogen-bond donors (Lipinski definition) is 0. The van der Waals surface area contributed by atoms with Crippen LogP contribution in [0.15, 0.2) is 109 Å². The molecule has 0 aliphatic rings. The molecule has 0 N–H and O–H groups in total. The Labute approximate surface area is 207 Å². The van der Waals surface area contributed by atoms with Crippen LogP contribution in [-0.4, -0.2) is 0 Å². The van der Waals surface area contributed by atoms with Crippen molar-refractivity contribution >= 4 is 75.7 Å². The quantitative estimate of drug-likeness (QED) is 0.0921. The van der Waals surface area contributed by atoms with Crippen LogP contribution in [0.4, 0.5) is 0 Å². The fourth-order valence-electron chi connectivity index (χ4n) is 2.65.